The van der Waals surface area contributed by atoms with Gasteiger partial charge in [-0.1, -0.05) is 12.1 Å². The summed E-state index contributed by atoms with van der Waals surface area (Å²) in [6, 6.07) is 12.8. The van der Waals surface area contributed by atoms with Crippen LogP contribution in [-0.2, 0) is 6.54 Å². The lowest BCUT2D eigenvalue weighted by atomic mass is 10.2. The fraction of sp³-hybridized carbons (Fsp3) is 0.273. The highest BCUT2D eigenvalue weighted by Crippen LogP contribution is 2.29. The molecule has 0 atom stereocenters. The minimum absolute atomic E-state index is 0.208. The molecular weight excluding hydrogens is 370 g/mol. The predicted molar refractivity (Wildman–Crippen MR) is 111 cm³/mol. The summed E-state index contributed by atoms with van der Waals surface area (Å²) >= 11 is 0. The summed E-state index contributed by atoms with van der Waals surface area (Å²) in [6.45, 7) is 4.35. The summed E-state index contributed by atoms with van der Waals surface area (Å²) in [6.07, 6.45) is 0. The van der Waals surface area contributed by atoms with Crippen molar-refractivity contribution in [1.82, 2.24) is 9.78 Å². The predicted octanol–water partition coefficient (Wildman–Crippen LogP) is 3.83. The molecular formula is C22H25N3O4. The zero-order chi connectivity index (χ0) is 21.0. The molecule has 0 radical (unpaired) electrons. The maximum absolute atomic E-state index is 12.7. The first-order chi connectivity index (χ1) is 14.0. The first kappa shape index (κ1) is 20.3. The Bertz CT molecular complexity index is 1030. The van der Waals surface area contributed by atoms with E-state index in [9.17, 15) is 4.79 Å². The van der Waals surface area contributed by atoms with E-state index < -0.39 is 0 Å². The Hall–Kier alpha value is -3.48. The fourth-order valence-corrected chi connectivity index (χ4v) is 3.13. The first-order valence-corrected chi connectivity index (χ1v) is 9.17. The molecule has 0 spiro atoms. The summed E-state index contributed by atoms with van der Waals surface area (Å²) in [5.74, 6) is 1.77. The van der Waals surface area contributed by atoms with E-state index in [2.05, 4.69) is 10.4 Å². The SMILES string of the molecule is COc1cccc(C(=O)Nc2c(C)nn(Cc3ccc(OC)c(OC)c3)c2C)c1. The Morgan fingerprint density at radius 3 is 2.45 bits per heavy atom. The van der Waals surface area contributed by atoms with Crippen LogP contribution in [0.3, 0.4) is 0 Å². The molecule has 152 valence electrons. The number of nitrogens with one attached hydrogen (secondary N) is 1. The van der Waals surface area contributed by atoms with Crippen LogP contribution in [0.25, 0.3) is 0 Å². The Kier molecular flexibility index (Phi) is 6.07. The van der Waals surface area contributed by atoms with Crippen molar-refractivity contribution in [2.45, 2.75) is 20.4 Å². The molecule has 3 aromatic rings. The molecule has 1 amide bonds. The fourth-order valence-electron chi connectivity index (χ4n) is 3.13. The molecule has 2 aromatic carbocycles. The van der Waals surface area contributed by atoms with Gasteiger partial charge in [0.2, 0.25) is 0 Å². The van der Waals surface area contributed by atoms with Crippen LogP contribution in [0.4, 0.5) is 5.69 Å². The highest BCUT2D eigenvalue weighted by molar-refractivity contribution is 6.05. The minimum Gasteiger partial charge on any atom is -0.497 e. The molecule has 29 heavy (non-hydrogen) atoms. The number of methoxy groups -OCH3 is 3. The molecule has 7 nitrogen and oxygen atoms in total. The zero-order valence-electron chi connectivity index (χ0n) is 17.3. The number of anilines is 1. The van der Waals surface area contributed by atoms with Gasteiger partial charge in [-0.25, -0.2) is 0 Å². The third kappa shape index (κ3) is 4.34. The van der Waals surface area contributed by atoms with Gasteiger partial charge in [-0.05, 0) is 49.7 Å². The third-order valence-electron chi connectivity index (χ3n) is 4.73. The van der Waals surface area contributed by atoms with Crippen LogP contribution in [0.2, 0.25) is 0 Å². The van der Waals surface area contributed by atoms with E-state index in [1.807, 2.05) is 36.7 Å². The number of benzene rings is 2. The second-order valence-electron chi connectivity index (χ2n) is 6.58. The van der Waals surface area contributed by atoms with Crippen LogP contribution >= 0.6 is 0 Å². The summed E-state index contributed by atoms with van der Waals surface area (Å²) in [7, 11) is 4.79. The van der Waals surface area contributed by atoms with Gasteiger partial charge in [-0.3, -0.25) is 9.48 Å². The number of carbonyl (C=O) groups excluding carboxylic acids is 1. The quantitative estimate of drug-likeness (QED) is 0.658. The molecule has 0 fully saturated rings. The van der Waals surface area contributed by atoms with Gasteiger partial charge < -0.3 is 19.5 Å². The number of rotatable bonds is 7. The number of hydrogen-bond acceptors (Lipinski definition) is 5. The van der Waals surface area contributed by atoms with Gasteiger partial charge in [0.25, 0.3) is 5.91 Å². The standard InChI is InChI=1S/C22H25N3O4/c1-14-21(23-22(26)17-7-6-8-18(12-17)27-3)15(2)25(24-14)13-16-9-10-19(28-4)20(11-16)29-5/h6-12H,13H2,1-5H3,(H,23,26). The lowest BCUT2D eigenvalue weighted by molar-refractivity contribution is 0.102. The summed E-state index contributed by atoms with van der Waals surface area (Å²) in [5, 5.41) is 7.56. The number of carbonyl (C=O) groups is 1. The van der Waals surface area contributed by atoms with Gasteiger partial charge in [0.05, 0.1) is 44.9 Å². The average Bonchev–Trinajstić information content (AvgIpc) is 3.00. The second-order valence-corrected chi connectivity index (χ2v) is 6.58. The van der Waals surface area contributed by atoms with E-state index in [-0.39, 0.29) is 5.91 Å². The van der Waals surface area contributed by atoms with Crippen LogP contribution in [0.5, 0.6) is 17.2 Å². The van der Waals surface area contributed by atoms with Crippen LogP contribution in [0.15, 0.2) is 42.5 Å². The molecule has 0 aliphatic rings. The van der Waals surface area contributed by atoms with E-state index in [0.717, 1.165) is 17.0 Å². The molecule has 3 rings (SSSR count). The van der Waals surface area contributed by atoms with Crippen molar-refractivity contribution in [1.29, 1.82) is 0 Å². The topological polar surface area (TPSA) is 74.6 Å². The monoisotopic (exact) mass is 395 g/mol. The Morgan fingerprint density at radius 1 is 1.00 bits per heavy atom. The van der Waals surface area contributed by atoms with Crippen molar-refractivity contribution in [2.24, 2.45) is 0 Å². The smallest absolute Gasteiger partial charge is 0.255 e. The number of nitrogens with zero attached hydrogens (tertiary/aromatic N) is 2. The van der Waals surface area contributed by atoms with Crippen molar-refractivity contribution in [3.63, 3.8) is 0 Å². The second kappa shape index (κ2) is 8.68. The normalized spacial score (nSPS) is 10.5. The zero-order valence-corrected chi connectivity index (χ0v) is 17.3. The third-order valence-corrected chi connectivity index (χ3v) is 4.73. The first-order valence-electron chi connectivity index (χ1n) is 9.17. The Balaban J connectivity index is 1.82. The number of ether oxygens (including phenoxy) is 3. The van der Waals surface area contributed by atoms with E-state index >= 15 is 0 Å². The van der Waals surface area contributed by atoms with Crippen molar-refractivity contribution < 1.29 is 19.0 Å². The maximum atomic E-state index is 12.7. The Labute approximate surface area is 170 Å². The van der Waals surface area contributed by atoms with E-state index in [1.54, 1.807) is 45.6 Å². The molecule has 0 saturated heterocycles. The average molecular weight is 395 g/mol. The van der Waals surface area contributed by atoms with Gasteiger partial charge in [-0.2, -0.15) is 5.10 Å². The summed E-state index contributed by atoms with van der Waals surface area (Å²) < 4.78 is 17.7. The molecule has 0 aliphatic carbocycles. The van der Waals surface area contributed by atoms with Crippen LogP contribution in [0, 0.1) is 13.8 Å². The van der Waals surface area contributed by atoms with Gasteiger partial charge in [0.15, 0.2) is 11.5 Å². The lowest BCUT2D eigenvalue weighted by Gasteiger charge is -2.11. The molecule has 0 aliphatic heterocycles. The van der Waals surface area contributed by atoms with E-state index in [0.29, 0.717) is 35.0 Å². The highest BCUT2D eigenvalue weighted by Gasteiger charge is 2.16. The van der Waals surface area contributed by atoms with Crippen molar-refractivity contribution in [3.05, 3.63) is 65.0 Å². The largest absolute Gasteiger partial charge is 0.497 e. The van der Waals surface area contributed by atoms with E-state index in [1.165, 1.54) is 0 Å². The van der Waals surface area contributed by atoms with Gasteiger partial charge >= 0.3 is 0 Å². The number of aryl methyl sites for hydroxylation is 1. The van der Waals surface area contributed by atoms with Crippen molar-refractivity contribution in [3.8, 4) is 17.2 Å². The van der Waals surface area contributed by atoms with Crippen molar-refractivity contribution >= 4 is 11.6 Å². The van der Waals surface area contributed by atoms with Gasteiger partial charge in [-0.15, -0.1) is 0 Å². The lowest BCUT2D eigenvalue weighted by Crippen LogP contribution is -2.13. The molecule has 1 heterocycles. The van der Waals surface area contributed by atoms with Gasteiger partial charge in [0, 0.05) is 5.56 Å². The van der Waals surface area contributed by atoms with Crippen LogP contribution in [-0.4, -0.2) is 37.0 Å². The molecule has 1 aromatic heterocycles. The summed E-state index contributed by atoms with van der Waals surface area (Å²) in [5.41, 5.74) is 3.86. The molecule has 0 unspecified atom stereocenters. The van der Waals surface area contributed by atoms with Crippen LogP contribution < -0.4 is 19.5 Å². The minimum atomic E-state index is -0.208. The molecule has 7 heteroatoms. The highest BCUT2D eigenvalue weighted by atomic mass is 16.5. The molecule has 0 bridgehead atoms. The maximum Gasteiger partial charge on any atom is 0.255 e. The van der Waals surface area contributed by atoms with Gasteiger partial charge in [0.1, 0.15) is 5.75 Å². The van der Waals surface area contributed by atoms with E-state index in [4.69, 9.17) is 14.2 Å². The molecule has 1 N–H and O–H groups in total. The number of aromatic nitrogens is 2. The summed E-state index contributed by atoms with van der Waals surface area (Å²) in [4.78, 5) is 12.7. The van der Waals surface area contributed by atoms with Crippen LogP contribution in [0.1, 0.15) is 27.3 Å². The Morgan fingerprint density at radius 2 is 1.76 bits per heavy atom. The molecule has 0 saturated carbocycles. The van der Waals surface area contributed by atoms with Crippen molar-refractivity contribution in [2.75, 3.05) is 26.6 Å². The number of hydrogen-bond donors (Lipinski definition) is 1. The number of amides is 1.